The van der Waals surface area contributed by atoms with E-state index in [1.165, 1.54) is 5.56 Å². The number of rotatable bonds is 6. The van der Waals surface area contributed by atoms with Crippen LogP contribution in [0.5, 0.6) is 0 Å². The van der Waals surface area contributed by atoms with Gasteiger partial charge in [0.2, 0.25) is 0 Å². The minimum absolute atomic E-state index is 0.139. The number of hydrogen-bond donors (Lipinski definition) is 1. The summed E-state index contributed by atoms with van der Waals surface area (Å²) >= 11 is 0. The van der Waals surface area contributed by atoms with E-state index in [2.05, 4.69) is 52.1 Å². The molecule has 2 nitrogen and oxygen atoms in total. The van der Waals surface area contributed by atoms with Gasteiger partial charge < -0.3 is 5.32 Å². The highest BCUT2D eigenvalue weighted by Crippen LogP contribution is 2.16. The van der Waals surface area contributed by atoms with Crippen molar-refractivity contribution in [1.82, 2.24) is 5.32 Å². The van der Waals surface area contributed by atoms with Crippen LogP contribution in [0.3, 0.4) is 0 Å². The lowest BCUT2D eigenvalue weighted by Crippen LogP contribution is -2.36. The lowest BCUT2D eigenvalue weighted by molar-refractivity contribution is 0.427. The highest BCUT2D eigenvalue weighted by Gasteiger charge is 2.09. The molecular weight excluding hydrogens is 254 g/mol. The molecule has 0 saturated carbocycles. The van der Waals surface area contributed by atoms with Crippen molar-refractivity contribution >= 4 is 10.8 Å². The Balaban J connectivity index is 2.41. The summed E-state index contributed by atoms with van der Waals surface area (Å²) in [5.41, 5.74) is 1.44. The van der Waals surface area contributed by atoms with Crippen LogP contribution in [0.1, 0.15) is 52.5 Å². The van der Waals surface area contributed by atoms with Gasteiger partial charge in [-0.15, -0.1) is 0 Å². The standard InChI is InChI=1S/C16H27NOS/c1-13(2)14-7-9-15(10-8-14)19(18)12-6-11-17-16(3,4)5/h7-10,13,17H,6,11-12H2,1-5H3. The van der Waals surface area contributed by atoms with Crippen LogP contribution in [0.4, 0.5) is 0 Å². The van der Waals surface area contributed by atoms with Gasteiger partial charge in [0.1, 0.15) is 0 Å². The Hall–Kier alpha value is -0.670. The molecule has 1 aromatic carbocycles. The van der Waals surface area contributed by atoms with E-state index in [1.807, 2.05) is 12.1 Å². The van der Waals surface area contributed by atoms with Crippen molar-refractivity contribution in [2.75, 3.05) is 12.3 Å². The van der Waals surface area contributed by atoms with Crippen molar-refractivity contribution in [3.63, 3.8) is 0 Å². The van der Waals surface area contributed by atoms with Crippen molar-refractivity contribution in [3.05, 3.63) is 29.8 Å². The zero-order chi connectivity index (χ0) is 14.5. The van der Waals surface area contributed by atoms with Crippen LogP contribution >= 0.6 is 0 Å². The third-order valence-corrected chi connectivity index (χ3v) is 4.43. The van der Waals surface area contributed by atoms with Gasteiger partial charge in [0.05, 0.1) is 10.8 Å². The van der Waals surface area contributed by atoms with E-state index in [1.54, 1.807) is 0 Å². The molecule has 1 N–H and O–H groups in total. The molecule has 19 heavy (non-hydrogen) atoms. The first kappa shape index (κ1) is 16.4. The molecule has 1 rings (SSSR count). The van der Waals surface area contributed by atoms with Gasteiger partial charge in [-0.25, -0.2) is 0 Å². The fraction of sp³-hybridized carbons (Fsp3) is 0.625. The van der Waals surface area contributed by atoms with Gasteiger partial charge in [-0.3, -0.25) is 4.21 Å². The Morgan fingerprint density at radius 2 is 1.74 bits per heavy atom. The van der Waals surface area contributed by atoms with Crippen LogP contribution in [0.15, 0.2) is 29.2 Å². The molecule has 1 aromatic rings. The van der Waals surface area contributed by atoms with E-state index in [0.717, 1.165) is 23.6 Å². The predicted molar refractivity (Wildman–Crippen MR) is 84.2 cm³/mol. The monoisotopic (exact) mass is 281 g/mol. The predicted octanol–water partition coefficient (Wildman–Crippen LogP) is 3.70. The quantitative estimate of drug-likeness (QED) is 0.806. The van der Waals surface area contributed by atoms with Gasteiger partial charge in [-0.2, -0.15) is 0 Å². The lowest BCUT2D eigenvalue weighted by atomic mass is 10.0. The SMILES string of the molecule is CC(C)c1ccc(S(=O)CCCNC(C)(C)C)cc1. The molecule has 0 fully saturated rings. The number of hydrogen-bond acceptors (Lipinski definition) is 2. The summed E-state index contributed by atoms with van der Waals surface area (Å²) in [7, 11) is -0.873. The molecule has 0 aliphatic rings. The molecule has 0 radical (unpaired) electrons. The molecule has 3 heteroatoms. The topological polar surface area (TPSA) is 29.1 Å². The van der Waals surface area contributed by atoms with Crippen molar-refractivity contribution in [3.8, 4) is 0 Å². The Morgan fingerprint density at radius 1 is 1.16 bits per heavy atom. The molecule has 1 unspecified atom stereocenters. The number of nitrogens with one attached hydrogen (secondary N) is 1. The summed E-state index contributed by atoms with van der Waals surface area (Å²) in [6.45, 7) is 11.7. The Labute approximate surface area is 120 Å². The molecule has 0 aliphatic heterocycles. The van der Waals surface area contributed by atoms with Crippen LogP contribution in [0.2, 0.25) is 0 Å². The first-order chi connectivity index (χ1) is 8.79. The summed E-state index contributed by atoms with van der Waals surface area (Å²) in [5, 5.41) is 3.42. The van der Waals surface area contributed by atoms with Gasteiger partial charge in [-0.1, -0.05) is 26.0 Å². The van der Waals surface area contributed by atoms with Crippen LogP contribution in [-0.2, 0) is 10.8 Å². The maximum absolute atomic E-state index is 12.1. The van der Waals surface area contributed by atoms with E-state index < -0.39 is 10.8 Å². The van der Waals surface area contributed by atoms with Gasteiger partial charge in [0.15, 0.2) is 0 Å². The highest BCUT2D eigenvalue weighted by atomic mass is 32.2. The van der Waals surface area contributed by atoms with Crippen molar-refractivity contribution < 1.29 is 4.21 Å². The molecule has 1 atom stereocenters. The second kappa shape index (κ2) is 7.20. The second-order valence-corrected chi connectivity index (χ2v) is 7.87. The summed E-state index contributed by atoms with van der Waals surface area (Å²) in [6, 6.07) is 8.18. The van der Waals surface area contributed by atoms with Gasteiger partial charge >= 0.3 is 0 Å². The fourth-order valence-electron chi connectivity index (χ4n) is 1.79. The summed E-state index contributed by atoms with van der Waals surface area (Å²) in [6.07, 6.45) is 0.940. The summed E-state index contributed by atoms with van der Waals surface area (Å²) < 4.78 is 12.1. The zero-order valence-electron chi connectivity index (χ0n) is 12.8. The normalized spacial score (nSPS) is 13.8. The van der Waals surface area contributed by atoms with Crippen molar-refractivity contribution in [2.24, 2.45) is 0 Å². The molecule has 0 bridgehead atoms. The van der Waals surface area contributed by atoms with E-state index in [9.17, 15) is 4.21 Å². The molecule has 108 valence electrons. The molecule has 0 aliphatic carbocycles. The van der Waals surface area contributed by atoms with Gasteiger partial charge in [0.25, 0.3) is 0 Å². The molecule has 0 aromatic heterocycles. The second-order valence-electron chi connectivity index (χ2n) is 6.30. The van der Waals surface area contributed by atoms with E-state index in [-0.39, 0.29) is 5.54 Å². The molecule has 0 heterocycles. The van der Waals surface area contributed by atoms with Gasteiger partial charge in [-0.05, 0) is 57.4 Å². The minimum Gasteiger partial charge on any atom is -0.312 e. The average Bonchev–Trinajstić information content (AvgIpc) is 2.33. The maximum Gasteiger partial charge on any atom is 0.0529 e. The van der Waals surface area contributed by atoms with Crippen LogP contribution in [0, 0.1) is 0 Å². The average molecular weight is 281 g/mol. The van der Waals surface area contributed by atoms with Gasteiger partial charge in [0, 0.05) is 16.2 Å². The fourth-order valence-corrected chi connectivity index (χ4v) is 2.87. The largest absolute Gasteiger partial charge is 0.312 e. The Bertz CT molecular complexity index is 404. The molecular formula is C16H27NOS. The summed E-state index contributed by atoms with van der Waals surface area (Å²) in [5.74, 6) is 1.25. The number of benzene rings is 1. The van der Waals surface area contributed by atoms with E-state index >= 15 is 0 Å². The lowest BCUT2D eigenvalue weighted by Gasteiger charge is -2.20. The van der Waals surface area contributed by atoms with E-state index in [4.69, 9.17) is 0 Å². The highest BCUT2D eigenvalue weighted by molar-refractivity contribution is 7.85. The summed E-state index contributed by atoms with van der Waals surface area (Å²) in [4.78, 5) is 0.945. The Kier molecular flexibility index (Phi) is 6.21. The zero-order valence-corrected chi connectivity index (χ0v) is 13.6. The van der Waals surface area contributed by atoms with Crippen molar-refractivity contribution in [1.29, 1.82) is 0 Å². The van der Waals surface area contributed by atoms with Crippen LogP contribution < -0.4 is 5.32 Å². The third kappa shape index (κ3) is 6.35. The first-order valence-corrected chi connectivity index (χ1v) is 8.35. The molecule has 0 spiro atoms. The molecule has 0 saturated heterocycles. The van der Waals surface area contributed by atoms with Crippen LogP contribution in [-0.4, -0.2) is 22.0 Å². The van der Waals surface area contributed by atoms with E-state index in [0.29, 0.717) is 5.92 Å². The maximum atomic E-state index is 12.1. The van der Waals surface area contributed by atoms with Crippen LogP contribution in [0.25, 0.3) is 0 Å². The third-order valence-electron chi connectivity index (χ3n) is 2.97. The smallest absolute Gasteiger partial charge is 0.0529 e. The minimum atomic E-state index is -0.873. The van der Waals surface area contributed by atoms with Crippen molar-refractivity contribution in [2.45, 2.75) is 57.4 Å². The Morgan fingerprint density at radius 3 is 2.21 bits per heavy atom. The molecule has 0 amide bonds. The first-order valence-electron chi connectivity index (χ1n) is 7.03.